The lowest BCUT2D eigenvalue weighted by Gasteiger charge is -2.22. The van der Waals surface area contributed by atoms with Crippen LogP contribution in [0.1, 0.15) is 28.2 Å². The molecule has 4 heteroatoms. The Balaban J connectivity index is 1.87. The van der Waals surface area contributed by atoms with E-state index >= 15 is 0 Å². The molecule has 0 saturated heterocycles. The Hall–Kier alpha value is -3.40. The van der Waals surface area contributed by atoms with Gasteiger partial charge >= 0.3 is 0 Å². The van der Waals surface area contributed by atoms with Gasteiger partial charge in [0.1, 0.15) is 6.04 Å². The predicted octanol–water partition coefficient (Wildman–Crippen LogP) is 3.34. The third kappa shape index (κ3) is 4.65. The molecule has 3 aromatic carbocycles. The molecule has 0 radical (unpaired) electrons. The van der Waals surface area contributed by atoms with Crippen LogP contribution in [0.4, 0.5) is 0 Å². The minimum atomic E-state index is -0.775. The number of benzene rings is 3. The highest BCUT2D eigenvalue weighted by Gasteiger charge is 2.27. The summed E-state index contributed by atoms with van der Waals surface area (Å²) in [7, 11) is 0. The summed E-state index contributed by atoms with van der Waals surface area (Å²) < 4.78 is 0. The van der Waals surface area contributed by atoms with Crippen LogP contribution in [0, 0.1) is 6.92 Å². The summed E-state index contributed by atoms with van der Waals surface area (Å²) in [6, 6.07) is 26.1. The van der Waals surface area contributed by atoms with Gasteiger partial charge in [-0.3, -0.25) is 9.59 Å². The third-order valence-electron chi connectivity index (χ3n) is 4.87. The van der Waals surface area contributed by atoms with Gasteiger partial charge in [-0.15, -0.1) is 0 Å². The molecule has 0 spiro atoms. The SMILES string of the molecule is Cc1ccccc1C[C@@H](NC(=O)C(c1ccccc1)c1ccccc1)C(N)=O. The molecule has 0 saturated carbocycles. The van der Waals surface area contributed by atoms with Crippen LogP contribution in [0.5, 0.6) is 0 Å². The van der Waals surface area contributed by atoms with E-state index in [-0.39, 0.29) is 5.91 Å². The molecule has 0 fully saturated rings. The maximum absolute atomic E-state index is 13.2. The van der Waals surface area contributed by atoms with Crippen LogP contribution < -0.4 is 11.1 Å². The first-order chi connectivity index (χ1) is 13.6. The molecule has 0 heterocycles. The molecule has 0 unspecified atom stereocenters. The van der Waals surface area contributed by atoms with Gasteiger partial charge in [-0.05, 0) is 29.2 Å². The smallest absolute Gasteiger partial charge is 0.240 e. The van der Waals surface area contributed by atoms with Crippen LogP contribution in [-0.4, -0.2) is 17.9 Å². The lowest BCUT2D eigenvalue weighted by Crippen LogP contribution is -2.47. The fourth-order valence-electron chi connectivity index (χ4n) is 3.32. The lowest BCUT2D eigenvalue weighted by molar-refractivity contribution is -0.127. The van der Waals surface area contributed by atoms with Gasteiger partial charge in [0.05, 0.1) is 5.92 Å². The topological polar surface area (TPSA) is 72.2 Å². The number of carbonyl (C=O) groups excluding carboxylic acids is 2. The molecule has 3 aromatic rings. The summed E-state index contributed by atoms with van der Waals surface area (Å²) in [6.07, 6.45) is 0.365. The first kappa shape index (κ1) is 19.4. The standard InChI is InChI=1S/C24H24N2O2/c1-17-10-8-9-15-20(17)16-21(23(25)27)26-24(28)22(18-11-4-2-5-12-18)19-13-6-3-7-14-19/h2-15,21-22H,16H2,1H3,(H2,25,27)(H,26,28)/t21-/m1/s1. The second-order valence-corrected chi connectivity index (χ2v) is 6.85. The molecule has 3 N–H and O–H groups in total. The van der Waals surface area contributed by atoms with Gasteiger partial charge in [0.25, 0.3) is 0 Å². The summed E-state index contributed by atoms with van der Waals surface area (Å²) in [6.45, 7) is 1.98. The van der Waals surface area contributed by atoms with Gasteiger partial charge in [-0.25, -0.2) is 0 Å². The van der Waals surface area contributed by atoms with Crippen molar-refractivity contribution in [3.05, 3.63) is 107 Å². The van der Waals surface area contributed by atoms with Crippen molar-refractivity contribution in [3.63, 3.8) is 0 Å². The molecular weight excluding hydrogens is 348 g/mol. The zero-order valence-electron chi connectivity index (χ0n) is 15.8. The van der Waals surface area contributed by atoms with E-state index in [9.17, 15) is 9.59 Å². The largest absolute Gasteiger partial charge is 0.368 e. The lowest BCUT2D eigenvalue weighted by atomic mass is 9.90. The van der Waals surface area contributed by atoms with E-state index in [2.05, 4.69) is 5.32 Å². The molecule has 28 heavy (non-hydrogen) atoms. The fraction of sp³-hybridized carbons (Fsp3) is 0.167. The van der Waals surface area contributed by atoms with Crippen LogP contribution in [0.3, 0.4) is 0 Å². The summed E-state index contributed by atoms with van der Waals surface area (Å²) in [5, 5.41) is 2.88. The second kappa shape index (κ2) is 9.00. The van der Waals surface area contributed by atoms with Crippen molar-refractivity contribution in [2.24, 2.45) is 5.73 Å². The number of amides is 2. The van der Waals surface area contributed by atoms with E-state index in [1.807, 2.05) is 91.9 Å². The number of nitrogens with one attached hydrogen (secondary N) is 1. The molecule has 0 aliphatic carbocycles. The van der Waals surface area contributed by atoms with Crippen LogP contribution >= 0.6 is 0 Å². The maximum atomic E-state index is 13.2. The van der Waals surface area contributed by atoms with Gasteiger partial charge < -0.3 is 11.1 Å². The van der Waals surface area contributed by atoms with E-state index in [0.717, 1.165) is 22.3 Å². The monoisotopic (exact) mass is 372 g/mol. The highest BCUT2D eigenvalue weighted by atomic mass is 16.2. The van der Waals surface area contributed by atoms with E-state index in [1.165, 1.54) is 0 Å². The number of aryl methyl sites for hydroxylation is 1. The van der Waals surface area contributed by atoms with E-state index in [0.29, 0.717) is 6.42 Å². The Bertz CT molecular complexity index is 900. The molecule has 2 amide bonds. The Morgan fingerprint density at radius 3 is 1.82 bits per heavy atom. The maximum Gasteiger partial charge on any atom is 0.240 e. The van der Waals surface area contributed by atoms with Gasteiger partial charge in [-0.2, -0.15) is 0 Å². The van der Waals surface area contributed by atoms with Crippen molar-refractivity contribution in [1.29, 1.82) is 0 Å². The Morgan fingerprint density at radius 1 is 0.821 bits per heavy atom. The van der Waals surface area contributed by atoms with E-state index < -0.39 is 17.9 Å². The average molecular weight is 372 g/mol. The van der Waals surface area contributed by atoms with Crippen LogP contribution in [-0.2, 0) is 16.0 Å². The summed E-state index contributed by atoms with van der Waals surface area (Å²) in [5.41, 5.74) is 9.39. The van der Waals surface area contributed by atoms with E-state index in [1.54, 1.807) is 0 Å². The van der Waals surface area contributed by atoms with Crippen molar-refractivity contribution in [2.45, 2.75) is 25.3 Å². The first-order valence-corrected chi connectivity index (χ1v) is 9.30. The van der Waals surface area contributed by atoms with Gasteiger partial charge in [0, 0.05) is 6.42 Å². The molecule has 3 rings (SSSR count). The Kier molecular flexibility index (Phi) is 6.22. The number of carbonyl (C=O) groups is 2. The summed E-state index contributed by atoms with van der Waals surface area (Å²) in [5.74, 6) is -1.30. The number of rotatable bonds is 7. The second-order valence-electron chi connectivity index (χ2n) is 6.85. The summed E-state index contributed by atoms with van der Waals surface area (Å²) >= 11 is 0. The van der Waals surface area contributed by atoms with Crippen LogP contribution in [0.15, 0.2) is 84.9 Å². The van der Waals surface area contributed by atoms with Crippen molar-refractivity contribution < 1.29 is 9.59 Å². The third-order valence-corrected chi connectivity index (χ3v) is 4.87. The van der Waals surface area contributed by atoms with Gasteiger partial charge in [0.15, 0.2) is 0 Å². The molecular formula is C24H24N2O2. The van der Waals surface area contributed by atoms with E-state index in [4.69, 9.17) is 5.73 Å². The predicted molar refractivity (Wildman–Crippen MR) is 111 cm³/mol. The highest BCUT2D eigenvalue weighted by Crippen LogP contribution is 2.25. The normalized spacial score (nSPS) is 11.8. The highest BCUT2D eigenvalue weighted by molar-refractivity contribution is 5.92. The molecule has 0 aromatic heterocycles. The van der Waals surface area contributed by atoms with Crippen molar-refractivity contribution in [2.75, 3.05) is 0 Å². The van der Waals surface area contributed by atoms with Crippen LogP contribution in [0.25, 0.3) is 0 Å². The van der Waals surface area contributed by atoms with Gasteiger partial charge in [0.2, 0.25) is 11.8 Å². The molecule has 142 valence electrons. The number of nitrogens with two attached hydrogens (primary N) is 1. The Labute approximate surface area is 165 Å². The molecule has 0 bridgehead atoms. The quantitative estimate of drug-likeness (QED) is 0.668. The van der Waals surface area contributed by atoms with Crippen molar-refractivity contribution >= 4 is 11.8 Å². The minimum absolute atomic E-state index is 0.241. The van der Waals surface area contributed by atoms with Crippen LogP contribution in [0.2, 0.25) is 0 Å². The zero-order chi connectivity index (χ0) is 19.9. The molecule has 0 aliphatic heterocycles. The minimum Gasteiger partial charge on any atom is -0.368 e. The average Bonchev–Trinajstić information content (AvgIpc) is 2.71. The fourth-order valence-corrected chi connectivity index (χ4v) is 3.32. The number of hydrogen-bond donors (Lipinski definition) is 2. The Morgan fingerprint density at radius 2 is 1.32 bits per heavy atom. The zero-order valence-corrected chi connectivity index (χ0v) is 15.8. The molecule has 0 aliphatic rings. The molecule has 1 atom stereocenters. The van der Waals surface area contributed by atoms with Crippen molar-refractivity contribution in [3.8, 4) is 0 Å². The van der Waals surface area contributed by atoms with Gasteiger partial charge in [-0.1, -0.05) is 84.9 Å². The summed E-state index contributed by atoms with van der Waals surface area (Å²) in [4.78, 5) is 25.3. The number of primary amides is 1. The number of hydrogen-bond acceptors (Lipinski definition) is 2. The molecule has 4 nitrogen and oxygen atoms in total. The first-order valence-electron chi connectivity index (χ1n) is 9.30. The van der Waals surface area contributed by atoms with Crippen molar-refractivity contribution in [1.82, 2.24) is 5.32 Å².